The van der Waals surface area contributed by atoms with Crippen LogP contribution in [0.1, 0.15) is 5.56 Å². The molecule has 1 nitrogen and oxygen atoms in total. The molecule has 0 aromatic heterocycles. The summed E-state index contributed by atoms with van der Waals surface area (Å²) >= 11 is 0. The minimum absolute atomic E-state index is 1.00. The second-order valence-electron chi connectivity index (χ2n) is 2.13. The molecule has 0 aliphatic carbocycles. The second-order valence-corrected chi connectivity index (χ2v) is 2.13. The maximum absolute atomic E-state index is 8.34. The van der Waals surface area contributed by atoms with Gasteiger partial charge in [-0.25, -0.2) is 5.26 Å². The molecule has 2 heteroatoms. The van der Waals surface area contributed by atoms with Gasteiger partial charge < -0.3 is 0 Å². The van der Waals surface area contributed by atoms with E-state index in [4.69, 9.17) is 5.26 Å². The predicted molar refractivity (Wildman–Crippen MR) is 42.2 cm³/mol. The molecule has 10 heavy (non-hydrogen) atoms. The molecular formula is C8H7BN. The lowest BCUT2D eigenvalue weighted by atomic mass is 9.70. The standard InChI is InChI=1S/C8H7BN/c1-7-4-2-3-5-8(7)9-6-10/h2-5H,1H3. The Kier molecular flexibility index (Phi) is 2.12. The van der Waals surface area contributed by atoms with Gasteiger partial charge >= 0.3 is 0 Å². The maximum atomic E-state index is 8.34. The molecule has 0 bridgehead atoms. The molecular weight excluding hydrogens is 121 g/mol. The molecule has 1 rings (SSSR count). The lowest BCUT2D eigenvalue weighted by Crippen LogP contribution is -2.14. The summed E-state index contributed by atoms with van der Waals surface area (Å²) in [5.41, 5.74) is 2.15. The molecule has 0 N–H and O–H groups in total. The van der Waals surface area contributed by atoms with E-state index in [9.17, 15) is 0 Å². The van der Waals surface area contributed by atoms with Crippen molar-refractivity contribution in [2.24, 2.45) is 0 Å². The molecule has 47 valence electrons. The zero-order valence-electron chi connectivity index (χ0n) is 5.83. The molecule has 0 unspecified atom stereocenters. The van der Waals surface area contributed by atoms with Crippen LogP contribution in [0.3, 0.4) is 0 Å². The van der Waals surface area contributed by atoms with Gasteiger partial charge in [0.15, 0.2) is 0 Å². The van der Waals surface area contributed by atoms with Crippen LogP contribution in [-0.2, 0) is 0 Å². The van der Waals surface area contributed by atoms with Crippen molar-refractivity contribution in [3.8, 4) is 5.97 Å². The Hall–Kier alpha value is -1.23. The number of hydrogen-bond donors (Lipinski definition) is 0. The second kappa shape index (κ2) is 3.07. The quantitative estimate of drug-likeness (QED) is 0.513. The van der Waals surface area contributed by atoms with Crippen LogP contribution < -0.4 is 5.46 Å². The van der Waals surface area contributed by atoms with Crippen LogP contribution in [0.5, 0.6) is 0 Å². The molecule has 0 fully saturated rings. The zero-order chi connectivity index (χ0) is 7.40. The van der Waals surface area contributed by atoms with Gasteiger partial charge in [-0.15, -0.1) is 0 Å². The van der Waals surface area contributed by atoms with Crippen molar-refractivity contribution in [1.29, 1.82) is 5.26 Å². The topological polar surface area (TPSA) is 23.8 Å². The highest BCUT2D eigenvalue weighted by atomic mass is 14.2. The van der Waals surface area contributed by atoms with Crippen LogP contribution in [0.15, 0.2) is 24.3 Å². The van der Waals surface area contributed by atoms with Gasteiger partial charge in [0.2, 0.25) is 0 Å². The molecule has 1 aromatic carbocycles. The number of nitriles is 1. The van der Waals surface area contributed by atoms with Gasteiger partial charge in [0.05, 0.1) is 0 Å². The number of rotatable bonds is 1. The first-order valence-electron chi connectivity index (χ1n) is 3.13. The van der Waals surface area contributed by atoms with Crippen molar-refractivity contribution >= 4 is 12.7 Å². The maximum Gasteiger partial charge on any atom is 0.292 e. The molecule has 0 aliphatic heterocycles. The smallest absolute Gasteiger partial charge is 0.213 e. The minimum Gasteiger partial charge on any atom is -0.213 e. The van der Waals surface area contributed by atoms with Crippen molar-refractivity contribution in [1.82, 2.24) is 0 Å². The molecule has 0 heterocycles. The lowest BCUT2D eigenvalue weighted by molar-refractivity contribution is 1.51. The molecule has 0 atom stereocenters. The Morgan fingerprint density at radius 3 is 2.70 bits per heavy atom. The number of hydrogen-bond acceptors (Lipinski definition) is 1. The number of aryl methyl sites for hydroxylation is 1. The highest BCUT2D eigenvalue weighted by molar-refractivity contribution is 6.61. The SMILES string of the molecule is Cc1ccccc1[B]C#N. The van der Waals surface area contributed by atoms with Gasteiger partial charge in [0.1, 0.15) is 0 Å². The van der Waals surface area contributed by atoms with Crippen molar-refractivity contribution < 1.29 is 0 Å². The molecule has 0 amide bonds. The molecule has 1 radical (unpaired) electrons. The number of nitrogens with zero attached hydrogens (tertiary/aromatic N) is 1. The fourth-order valence-corrected chi connectivity index (χ4v) is 0.818. The van der Waals surface area contributed by atoms with Crippen molar-refractivity contribution in [3.63, 3.8) is 0 Å². The van der Waals surface area contributed by atoms with Gasteiger partial charge in [0.25, 0.3) is 7.28 Å². The lowest BCUT2D eigenvalue weighted by Gasteiger charge is -1.96. The van der Waals surface area contributed by atoms with E-state index in [1.807, 2.05) is 37.2 Å². The van der Waals surface area contributed by atoms with E-state index in [0.717, 1.165) is 11.0 Å². The summed E-state index contributed by atoms with van der Waals surface area (Å²) in [6.45, 7) is 1.99. The molecule has 1 aromatic rings. The Bertz CT molecular complexity index is 262. The van der Waals surface area contributed by atoms with E-state index in [-0.39, 0.29) is 0 Å². The Morgan fingerprint density at radius 2 is 2.10 bits per heavy atom. The summed E-state index contributed by atoms with van der Waals surface area (Å²) in [5, 5.41) is 8.34. The first kappa shape index (κ1) is 6.89. The van der Waals surface area contributed by atoms with E-state index < -0.39 is 0 Å². The Balaban J connectivity index is 2.94. The van der Waals surface area contributed by atoms with Gasteiger partial charge in [-0.1, -0.05) is 35.3 Å². The summed E-state index contributed by atoms with van der Waals surface area (Å²) < 4.78 is 0. The van der Waals surface area contributed by atoms with Gasteiger partial charge in [-0.05, 0) is 6.92 Å². The Labute approximate surface area is 61.5 Å². The van der Waals surface area contributed by atoms with E-state index >= 15 is 0 Å². The fourth-order valence-electron chi connectivity index (χ4n) is 0.818. The minimum atomic E-state index is 1.00. The largest absolute Gasteiger partial charge is 0.292 e. The third-order valence-corrected chi connectivity index (χ3v) is 1.41. The molecule has 0 saturated carbocycles. The van der Waals surface area contributed by atoms with Crippen molar-refractivity contribution in [2.75, 3.05) is 0 Å². The monoisotopic (exact) mass is 128 g/mol. The van der Waals surface area contributed by atoms with Crippen LogP contribution in [0.4, 0.5) is 0 Å². The van der Waals surface area contributed by atoms with Gasteiger partial charge in [0, 0.05) is 5.97 Å². The predicted octanol–water partition coefficient (Wildman–Crippen LogP) is 0.806. The van der Waals surface area contributed by atoms with E-state index in [2.05, 4.69) is 0 Å². The van der Waals surface area contributed by atoms with Gasteiger partial charge in [-0.2, -0.15) is 0 Å². The third kappa shape index (κ3) is 1.38. The highest BCUT2D eigenvalue weighted by Crippen LogP contribution is 1.90. The first-order valence-corrected chi connectivity index (χ1v) is 3.13. The molecule has 0 spiro atoms. The van der Waals surface area contributed by atoms with Crippen molar-refractivity contribution in [3.05, 3.63) is 29.8 Å². The average Bonchev–Trinajstić information content (AvgIpc) is 1.94. The average molecular weight is 128 g/mol. The molecule has 0 aliphatic rings. The number of benzene rings is 1. The summed E-state index contributed by atoms with van der Waals surface area (Å²) in [7, 11) is 1.55. The van der Waals surface area contributed by atoms with Crippen LogP contribution in [-0.4, -0.2) is 7.28 Å². The van der Waals surface area contributed by atoms with E-state index in [1.165, 1.54) is 0 Å². The van der Waals surface area contributed by atoms with Crippen LogP contribution in [0.25, 0.3) is 0 Å². The molecule has 0 saturated heterocycles. The van der Waals surface area contributed by atoms with Crippen LogP contribution >= 0.6 is 0 Å². The summed E-state index contributed by atoms with van der Waals surface area (Å²) in [5.74, 6) is 2.00. The van der Waals surface area contributed by atoms with E-state index in [0.29, 0.717) is 0 Å². The van der Waals surface area contributed by atoms with Crippen molar-refractivity contribution in [2.45, 2.75) is 6.92 Å². The summed E-state index contributed by atoms with van der Waals surface area (Å²) in [6.07, 6.45) is 0. The van der Waals surface area contributed by atoms with Crippen LogP contribution in [0, 0.1) is 18.2 Å². The fraction of sp³-hybridized carbons (Fsp3) is 0.125. The van der Waals surface area contributed by atoms with E-state index in [1.54, 1.807) is 7.28 Å². The van der Waals surface area contributed by atoms with Gasteiger partial charge in [-0.3, -0.25) is 0 Å². The normalized spacial score (nSPS) is 8.40. The first-order chi connectivity index (χ1) is 4.84. The third-order valence-electron chi connectivity index (χ3n) is 1.41. The summed E-state index contributed by atoms with van der Waals surface area (Å²) in [4.78, 5) is 0. The zero-order valence-corrected chi connectivity index (χ0v) is 5.83. The highest BCUT2D eigenvalue weighted by Gasteiger charge is 1.95. The van der Waals surface area contributed by atoms with Crippen LogP contribution in [0.2, 0.25) is 0 Å². The summed E-state index contributed by atoms with van der Waals surface area (Å²) in [6, 6.07) is 7.81. The Morgan fingerprint density at radius 1 is 1.40 bits per heavy atom.